The van der Waals surface area contributed by atoms with E-state index in [0.29, 0.717) is 18.8 Å². The van der Waals surface area contributed by atoms with Gasteiger partial charge in [0.15, 0.2) is 0 Å². The number of fused-ring (bicyclic) bond motifs is 1. The number of carboxylic acids is 1. The lowest BCUT2D eigenvalue weighted by Crippen LogP contribution is -2.54. The maximum Gasteiger partial charge on any atom is 0.312 e. The van der Waals surface area contributed by atoms with Crippen LogP contribution >= 0.6 is 0 Å². The van der Waals surface area contributed by atoms with Crippen LogP contribution < -0.4 is 10.2 Å². The highest BCUT2D eigenvalue weighted by Crippen LogP contribution is 2.34. The summed E-state index contributed by atoms with van der Waals surface area (Å²) in [5.41, 5.74) is 0.912. The zero-order valence-corrected chi connectivity index (χ0v) is 16.5. The fraction of sp³-hybridized carbons (Fsp3) is 0.400. The smallest absolute Gasteiger partial charge is 0.312 e. The molecule has 0 radical (unpaired) electrons. The number of nitrogens with one attached hydrogen (secondary N) is 1. The van der Waals surface area contributed by atoms with Crippen LogP contribution in [0.25, 0.3) is 0 Å². The van der Waals surface area contributed by atoms with Crippen molar-refractivity contribution in [1.29, 1.82) is 0 Å². The SMILES string of the molecule is O=C(O)CC(=O)N1CCN(c2cccc3c2C(=O)N(C2CCC(=O)NC2=O)C3=O)CC1. The third-order valence-corrected chi connectivity index (χ3v) is 5.72. The zero-order chi connectivity index (χ0) is 22.3. The van der Waals surface area contributed by atoms with Crippen molar-refractivity contribution in [2.75, 3.05) is 31.1 Å². The average Bonchev–Trinajstić information content (AvgIpc) is 2.98. The molecule has 1 atom stereocenters. The van der Waals surface area contributed by atoms with Crippen LogP contribution in [0.1, 0.15) is 40.0 Å². The molecule has 3 aliphatic rings. The molecule has 2 fully saturated rings. The Kier molecular flexibility index (Phi) is 5.17. The fourth-order valence-electron chi connectivity index (χ4n) is 4.20. The second kappa shape index (κ2) is 7.82. The van der Waals surface area contributed by atoms with Gasteiger partial charge in [-0.15, -0.1) is 0 Å². The lowest BCUT2D eigenvalue weighted by molar-refractivity contribution is -0.144. The highest BCUT2D eigenvalue weighted by molar-refractivity contribution is 6.25. The van der Waals surface area contributed by atoms with Gasteiger partial charge in [-0.2, -0.15) is 0 Å². The third-order valence-electron chi connectivity index (χ3n) is 5.72. The molecule has 3 heterocycles. The van der Waals surface area contributed by atoms with Crippen molar-refractivity contribution < 1.29 is 33.9 Å². The number of amides is 5. The van der Waals surface area contributed by atoms with Gasteiger partial charge < -0.3 is 14.9 Å². The van der Waals surface area contributed by atoms with E-state index >= 15 is 0 Å². The van der Waals surface area contributed by atoms with Crippen molar-refractivity contribution in [3.05, 3.63) is 29.3 Å². The van der Waals surface area contributed by atoms with Gasteiger partial charge in [0.2, 0.25) is 17.7 Å². The molecule has 1 aromatic rings. The predicted molar refractivity (Wildman–Crippen MR) is 104 cm³/mol. The van der Waals surface area contributed by atoms with Crippen molar-refractivity contribution in [3.63, 3.8) is 0 Å². The van der Waals surface area contributed by atoms with E-state index in [-0.39, 0.29) is 37.1 Å². The molecule has 11 nitrogen and oxygen atoms in total. The average molecular weight is 428 g/mol. The number of imide groups is 2. The zero-order valence-electron chi connectivity index (χ0n) is 16.5. The van der Waals surface area contributed by atoms with Gasteiger partial charge in [0.25, 0.3) is 11.8 Å². The largest absolute Gasteiger partial charge is 0.481 e. The molecule has 31 heavy (non-hydrogen) atoms. The Balaban J connectivity index is 1.55. The number of hydrogen-bond donors (Lipinski definition) is 2. The normalized spacial score (nSPS) is 21.3. The standard InChI is InChI=1S/C20H20N4O7/c25-14-5-4-13(18(29)21-14)24-19(30)11-2-1-3-12(17(11)20(24)31)22-6-8-23(9-7-22)15(26)10-16(27)28/h1-3,13H,4-10H2,(H,27,28)(H,21,25,29). The van der Waals surface area contributed by atoms with Gasteiger partial charge in [-0.3, -0.25) is 39.0 Å². The van der Waals surface area contributed by atoms with Crippen LogP contribution in [0.5, 0.6) is 0 Å². The molecule has 11 heteroatoms. The maximum atomic E-state index is 13.2. The van der Waals surface area contributed by atoms with E-state index in [1.165, 1.54) is 11.0 Å². The van der Waals surface area contributed by atoms with Crippen molar-refractivity contribution in [2.24, 2.45) is 0 Å². The van der Waals surface area contributed by atoms with Crippen LogP contribution in [-0.4, -0.2) is 82.6 Å². The lowest BCUT2D eigenvalue weighted by atomic mass is 10.0. The first-order valence-electron chi connectivity index (χ1n) is 9.87. The lowest BCUT2D eigenvalue weighted by Gasteiger charge is -2.36. The second-order valence-corrected chi connectivity index (χ2v) is 7.59. The van der Waals surface area contributed by atoms with Crippen LogP contribution in [0, 0.1) is 0 Å². The minimum Gasteiger partial charge on any atom is -0.481 e. The molecule has 1 aromatic carbocycles. The number of aliphatic carboxylic acids is 1. The molecule has 0 aliphatic carbocycles. The molecule has 162 valence electrons. The Hall–Kier alpha value is -3.76. The fourth-order valence-corrected chi connectivity index (χ4v) is 4.20. The van der Waals surface area contributed by atoms with Gasteiger partial charge >= 0.3 is 5.97 Å². The number of carbonyl (C=O) groups excluding carboxylic acids is 5. The predicted octanol–water partition coefficient (Wildman–Crippen LogP) is -0.789. The first-order chi connectivity index (χ1) is 14.8. The van der Waals surface area contributed by atoms with Crippen molar-refractivity contribution in [2.45, 2.75) is 25.3 Å². The van der Waals surface area contributed by atoms with Crippen LogP contribution in [0.2, 0.25) is 0 Å². The van der Waals surface area contributed by atoms with Gasteiger partial charge in [0.1, 0.15) is 12.5 Å². The van der Waals surface area contributed by atoms with Gasteiger partial charge in [-0.25, -0.2) is 0 Å². The van der Waals surface area contributed by atoms with Gasteiger partial charge in [-0.05, 0) is 18.6 Å². The summed E-state index contributed by atoms with van der Waals surface area (Å²) < 4.78 is 0. The van der Waals surface area contributed by atoms with E-state index in [0.717, 1.165) is 4.90 Å². The Morgan fingerprint density at radius 1 is 1.03 bits per heavy atom. The molecule has 5 amide bonds. The first kappa shape index (κ1) is 20.5. The quantitative estimate of drug-likeness (QED) is 0.469. The number of carbonyl (C=O) groups is 6. The summed E-state index contributed by atoms with van der Waals surface area (Å²) in [5, 5.41) is 11.0. The van der Waals surface area contributed by atoms with Gasteiger partial charge in [0, 0.05) is 32.6 Å². The van der Waals surface area contributed by atoms with E-state index in [2.05, 4.69) is 5.32 Å². The van der Waals surface area contributed by atoms with E-state index in [4.69, 9.17) is 5.11 Å². The summed E-state index contributed by atoms with van der Waals surface area (Å²) in [5.74, 6) is -3.93. The number of rotatable bonds is 4. The van der Waals surface area contributed by atoms with Gasteiger partial charge in [0.05, 0.1) is 16.8 Å². The number of piperazine rings is 1. The number of nitrogens with zero attached hydrogens (tertiary/aromatic N) is 3. The Morgan fingerprint density at radius 2 is 1.74 bits per heavy atom. The highest BCUT2D eigenvalue weighted by atomic mass is 16.4. The molecule has 3 aliphatic heterocycles. The Morgan fingerprint density at radius 3 is 2.39 bits per heavy atom. The molecule has 0 aromatic heterocycles. The molecular weight excluding hydrogens is 408 g/mol. The number of carboxylic acid groups (broad SMARTS) is 1. The van der Waals surface area contributed by atoms with E-state index < -0.39 is 48.0 Å². The first-order valence-corrected chi connectivity index (χ1v) is 9.87. The van der Waals surface area contributed by atoms with Crippen LogP contribution in [0.15, 0.2) is 18.2 Å². The number of piperidine rings is 1. The molecule has 0 saturated carbocycles. The summed E-state index contributed by atoms with van der Waals surface area (Å²) in [6.45, 7) is 1.30. The molecular formula is C20H20N4O7. The van der Waals surface area contributed by atoms with Crippen LogP contribution in [-0.2, 0) is 19.2 Å². The van der Waals surface area contributed by atoms with E-state index in [9.17, 15) is 28.8 Å². The van der Waals surface area contributed by atoms with Crippen LogP contribution in [0.3, 0.4) is 0 Å². The van der Waals surface area contributed by atoms with Gasteiger partial charge in [-0.1, -0.05) is 6.07 Å². The highest BCUT2D eigenvalue weighted by Gasteiger charge is 2.46. The molecule has 1 unspecified atom stereocenters. The van der Waals surface area contributed by atoms with Crippen LogP contribution in [0.4, 0.5) is 5.69 Å². The molecule has 0 bridgehead atoms. The third kappa shape index (κ3) is 3.62. The number of benzene rings is 1. The minimum atomic E-state index is -1.19. The molecule has 2 saturated heterocycles. The molecule has 4 rings (SSSR count). The Bertz CT molecular complexity index is 1010. The molecule has 0 spiro atoms. The summed E-state index contributed by atoms with van der Waals surface area (Å²) in [7, 11) is 0. The van der Waals surface area contributed by atoms with Crippen molar-refractivity contribution in [3.8, 4) is 0 Å². The maximum absolute atomic E-state index is 13.2. The monoisotopic (exact) mass is 428 g/mol. The summed E-state index contributed by atoms with van der Waals surface area (Å²) >= 11 is 0. The number of hydrogen-bond acceptors (Lipinski definition) is 7. The van der Waals surface area contributed by atoms with Crippen molar-refractivity contribution >= 4 is 41.2 Å². The van der Waals surface area contributed by atoms with E-state index in [1.807, 2.05) is 4.90 Å². The second-order valence-electron chi connectivity index (χ2n) is 7.59. The molecule has 2 N–H and O–H groups in total. The number of anilines is 1. The van der Waals surface area contributed by atoms with E-state index in [1.54, 1.807) is 12.1 Å². The summed E-state index contributed by atoms with van der Waals surface area (Å²) in [4.78, 5) is 76.7. The van der Waals surface area contributed by atoms with Crippen molar-refractivity contribution in [1.82, 2.24) is 15.1 Å². The summed E-state index contributed by atoms with van der Waals surface area (Å²) in [6, 6.07) is 3.84. The Labute approximate surface area is 176 Å². The minimum absolute atomic E-state index is 0.0446. The summed E-state index contributed by atoms with van der Waals surface area (Å²) in [6.07, 6.45) is -0.451. The topological polar surface area (TPSA) is 144 Å².